The first kappa shape index (κ1) is 18.5. The van der Waals surface area contributed by atoms with Crippen LogP contribution in [-0.4, -0.2) is 57.0 Å². The molecule has 138 valence electrons. The van der Waals surface area contributed by atoms with Crippen molar-refractivity contribution in [3.8, 4) is 0 Å². The molecule has 26 heavy (non-hydrogen) atoms. The molecular formula is C19H25N5OS. The highest BCUT2D eigenvalue weighted by Gasteiger charge is 2.29. The van der Waals surface area contributed by atoms with Gasteiger partial charge in [-0.1, -0.05) is 0 Å². The maximum Gasteiger partial charge on any atom is 0.227 e. The second-order valence-electron chi connectivity index (χ2n) is 6.52. The van der Waals surface area contributed by atoms with Crippen molar-refractivity contribution in [2.45, 2.75) is 26.7 Å². The smallest absolute Gasteiger partial charge is 0.227 e. The number of carbonyl (C=O) groups is 1. The van der Waals surface area contributed by atoms with E-state index < -0.39 is 0 Å². The monoisotopic (exact) mass is 371 g/mol. The molecule has 0 saturated carbocycles. The van der Waals surface area contributed by atoms with Crippen molar-refractivity contribution in [1.82, 2.24) is 19.8 Å². The Morgan fingerprint density at radius 2 is 2.19 bits per heavy atom. The van der Waals surface area contributed by atoms with E-state index in [2.05, 4.69) is 20.2 Å². The molecule has 2 aromatic rings. The van der Waals surface area contributed by atoms with E-state index in [0.29, 0.717) is 11.7 Å². The summed E-state index contributed by atoms with van der Waals surface area (Å²) in [6, 6.07) is 5.90. The Morgan fingerprint density at radius 3 is 2.96 bits per heavy atom. The number of aromatic nitrogens is 2. The number of piperidine rings is 1. The fourth-order valence-corrected chi connectivity index (χ4v) is 3.71. The molecule has 1 fully saturated rings. The largest absolute Gasteiger partial charge is 0.348 e. The molecule has 1 aliphatic rings. The van der Waals surface area contributed by atoms with Crippen LogP contribution in [0.1, 0.15) is 26.7 Å². The summed E-state index contributed by atoms with van der Waals surface area (Å²) in [6.07, 6.45) is 5.24. The quantitative estimate of drug-likeness (QED) is 0.834. The van der Waals surface area contributed by atoms with Crippen molar-refractivity contribution in [2.75, 3.05) is 31.5 Å². The number of hydrogen-bond donors (Lipinski definition) is 1. The summed E-state index contributed by atoms with van der Waals surface area (Å²) in [5, 5.41) is 4.93. The summed E-state index contributed by atoms with van der Waals surface area (Å²) in [6.45, 7) is 7.12. The van der Waals surface area contributed by atoms with Crippen LogP contribution in [-0.2, 0) is 4.79 Å². The number of amides is 1. The molecular weight excluding hydrogens is 346 g/mol. The first-order chi connectivity index (χ1) is 12.6. The molecule has 1 aliphatic heterocycles. The number of benzene rings is 1. The van der Waals surface area contributed by atoms with Crippen molar-refractivity contribution in [3.63, 3.8) is 0 Å². The molecule has 1 N–H and O–H groups in total. The first-order valence-corrected chi connectivity index (χ1v) is 9.57. The molecule has 0 spiro atoms. The third-order valence-corrected chi connectivity index (χ3v) is 5.25. The highest BCUT2D eigenvalue weighted by atomic mass is 32.1. The van der Waals surface area contributed by atoms with Crippen molar-refractivity contribution < 1.29 is 4.79 Å². The Balaban J connectivity index is 1.65. The lowest BCUT2D eigenvalue weighted by atomic mass is 9.96. The van der Waals surface area contributed by atoms with Crippen molar-refractivity contribution >= 4 is 39.8 Å². The second kappa shape index (κ2) is 8.40. The summed E-state index contributed by atoms with van der Waals surface area (Å²) in [5.41, 5.74) is 1.81. The van der Waals surface area contributed by atoms with Gasteiger partial charge in [-0.05, 0) is 57.1 Å². The number of thiocarbonyl (C=S) groups is 1. The molecule has 2 heterocycles. The number of hydrogen-bond acceptors (Lipinski definition) is 4. The van der Waals surface area contributed by atoms with E-state index in [4.69, 9.17) is 12.2 Å². The van der Waals surface area contributed by atoms with E-state index in [-0.39, 0.29) is 11.8 Å². The van der Waals surface area contributed by atoms with E-state index in [0.717, 1.165) is 49.1 Å². The molecule has 1 aromatic heterocycles. The zero-order valence-corrected chi connectivity index (χ0v) is 16.1. The van der Waals surface area contributed by atoms with E-state index in [1.807, 2.05) is 36.9 Å². The molecule has 0 aliphatic carbocycles. The SMILES string of the molecule is CCN(CC)C(=O)[C@H]1CCCN(C(=S)Nc2ccc3ncncc3c2)C1. The van der Waals surface area contributed by atoms with Gasteiger partial charge in [-0.2, -0.15) is 0 Å². The molecule has 1 atom stereocenters. The molecule has 0 bridgehead atoms. The normalized spacial score (nSPS) is 17.2. The minimum atomic E-state index is 0.0217. The number of rotatable bonds is 4. The number of nitrogens with one attached hydrogen (secondary N) is 1. The van der Waals surface area contributed by atoms with Gasteiger partial charge in [0.25, 0.3) is 0 Å². The standard InChI is InChI=1S/C19H25N5OS/c1-3-23(4-2)18(25)14-6-5-9-24(12-14)19(26)22-16-7-8-17-15(10-16)11-20-13-21-17/h7-8,10-11,13-14H,3-6,9,12H2,1-2H3,(H,22,26)/t14-/m0/s1. The Morgan fingerprint density at radius 1 is 1.38 bits per heavy atom. The summed E-state index contributed by atoms with van der Waals surface area (Å²) in [4.78, 5) is 25.0. The molecule has 3 rings (SSSR count). The van der Waals surface area contributed by atoms with Gasteiger partial charge in [0.15, 0.2) is 5.11 Å². The predicted molar refractivity (Wildman–Crippen MR) is 108 cm³/mol. The van der Waals surface area contributed by atoms with Gasteiger partial charge in [-0.15, -0.1) is 0 Å². The van der Waals surface area contributed by atoms with Crippen LogP contribution >= 0.6 is 12.2 Å². The van der Waals surface area contributed by atoms with Crippen LogP contribution in [0, 0.1) is 5.92 Å². The lowest BCUT2D eigenvalue weighted by Gasteiger charge is -2.36. The number of nitrogens with zero attached hydrogens (tertiary/aromatic N) is 4. The third-order valence-electron chi connectivity index (χ3n) is 4.89. The number of carbonyl (C=O) groups excluding carboxylic acids is 1. The van der Waals surface area contributed by atoms with E-state index in [9.17, 15) is 4.79 Å². The third kappa shape index (κ3) is 4.09. The Bertz CT molecular complexity index is 792. The van der Waals surface area contributed by atoms with Gasteiger partial charge < -0.3 is 15.1 Å². The van der Waals surface area contributed by atoms with Crippen LogP contribution in [0.15, 0.2) is 30.7 Å². The summed E-state index contributed by atoms with van der Waals surface area (Å²) >= 11 is 5.60. The van der Waals surface area contributed by atoms with Crippen molar-refractivity contribution in [3.05, 3.63) is 30.7 Å². The number of fused-ring (bicyclic) bond motifs is 1. The van der Waals surface area contributed by atoms with Gasteiger partial charge >= 0.3 is 0 Å². The first-order valence-electron chi connectivity index (χ1n) is 9.16. The fraction of sp³-hybridized carbons (Fsp3) is 0.474. The maximum atomic E-state index is 12.7. The molecule has 7 heteroatoms. The number of anilines is 1. The minimum absolute atomic E-state index is 0.0217. The number of likely N-dealkylation sites (tertiary alicyclic amines) is 1. The van der Waals surface area contributed by atoms with Crippen LogP contribution in [0.3, 0.4) is 0 Å². The highest BCUT2D eigenvalue weighted by molar-refractivity contribution is 7.80. The Kier molecular flexibility index (Phi) is 5.98. The molecule has 1 aromatic carbocycles. The van der Waals surface area contributed by atoms with E-state index in [1.165, 1.54) is 0 Å². The molecule has 0 radical (unpaired) electrons. The lowest BCUT2D eigenvalue weighted by molar-refractivity contribution is -0.136. The van der Waals surface area contributed by atoms with Gasteiger partial charge in [0.05, 0.1) is 11.4 Å². The zero-order chi connectivity index (χ0) is 18.5. The van der Waals surface area contributed by atoms with Gasteiger partial charge in [0.1, 0.15) is 6.33 Å². The second-order valence-corrected chi connectivity index (χ2v) is 6.91. The van der Waals surface area contributed by atoms with E-state index >= 15 is 0 Å². The molecule has 1 amide bonds. The lowest BCUT2D eigenvalue weighted by Crippen LogP contribution is -2.47. The van der Waals surface area contributed by atoms with Gasteiger partial charge in [-0.3, -0.25) is 4.79 Å². The molecule has 1 saturated heterocycles. The van der Waals surface area contributed by atoms with Gasteiger partial charge in [0.2, 0.25) is 5.91 Å². The van der Waals surface area contributed by atoms with Gasteiger partial charge in [0, 0.05) is 43.4 Å². The van der Waals surface area contributed by atoms with Crippen LogP contribution in [0.5, 0.6) is 0 Å². The zero-order valence-electron chi connectivity index (χ0n) is 15.3. The Hall–Kier alpha value is -2.28. The average Bonchev–Trinajstić information content (AvgIpc) is 2.69. The maximum absolute atomic E-state index is 12.7. The fourth-order valence-electron chi connectivity index (χ4n) is 3.42. The minimum Gasteiger partial charge on any atom is -0.348 e. The average molecular weight is 372 g/mol. The summed E-state index contributed by atoms with van der Waals surface area (Å²) in [5.74, 6) is 0.263. The van der Waals surface area contributed by atoms with Crippen LogP contribution in [0.2, 0.25) is 0 Å². The topological polar surface area (TPSA) is 61.4 Å². The summed E-state index contributed by atoms with van der Waals surface area (Å²) < 4.78 is 0. The molecule has 6 nitrogen and oxygen atoms in total. The predicted octanol–water partition coefficient (Wildman–Crippen LogP) is 2.91. The summed E-state index contributed by atoms with van der Waals surface area (Å²) in [7, 11) is 0. The Labute approximate surface area is 159 Å². The molecule has 0 unspecified atom stereocenters. The van der Waals surface area contributed by atoms with Crippen molar-refractivity contribution in [1.29, 1.82) is 0 Å². The van der Waals surface area contributed by atoms with Crippen LogP contribution in [0.25, 0.3) is 10.9 Å². The van der Waals surface area contributed by atoms with Gasteiger partial charge in [-0.25, -0.2) is 9.97 Å². The van der Waals surface area contributed by atoms with E-state index in [1.54, 1.807) is 12.5 Å². The highest BCUT2D eigenvalue weighted by Crippen LogP contribution is 2.21. The van der Waals surface area contributed by atoms with Crippen LogP contribution in [0.4, 0.5) is 5.69 Å². The van der Waals surface area contributed by atoms with Crippen molar-refractivity contribution in [2.24, 2.45) is 5.92 Å². The van der Waals surface area contributed by atoms with Crippen LogP contribution < -0.4 is 5.32 Å².